The van der Waals surface area contributed by atoms with Crippen molar-refractivity contribution in [1.82, 2.24) is 5.32 Å². The first-order chi connectivity index (χ1) is 9.61. The Morgan fingerprint density at radius 1 is 1.40 bits per heavy atom. The summed E-state index contributed by atoms with van der Waals surface area (Å²) in [7, 11) is 1.35. The minimum atomic E-state index is -0.978. The zero-order valence-corrected chi connectivity index (χ0v) is 11.8. The van der Waals surface area contributed by atoms with Gasteiger partial charge in [-0.2, -0.15) is 0 Å². The molecule has 1 aliphatic rings. The molecule has 106 valence electrons. The van der Waals surface area contributed by atoms with E-state index >= 15 is 0 Å². The second kappa shape index (κ2) is 5.90. The summed E-state index contributed by atoms with van der Waals surface area (Å²) in [5.41, 5.74) is 0.679. The van der Waals surface area contributed by atoms with E-state index in [4.69, 9.17) is 4.74 Å². The van der Waals surface area contributed by atoms with Crippen LogP contribution >= 0.6 is 0 Å². The summed E-state index contributed by atoms with van der Waals surface area (Å²) < 4.78 is 4.90. The Hall–Kier alpha value is -2.10. The molecule has 1 aromatic rings. The van der Waals surface area contributed by atoms with Gasteiger partial charge in [0.15, 0.2) is 0 Å². The van der Waals surface area contributed by atoms with Crippen LogP contribution in [-0.2, 0) is 20.7 Å². The van der Waals surface area contributed by atoms with Gasteiger partial charge in [-0.15, -0.1) is 0 Å². The van der Waals surface area contributed by atoms with E-state index < -0.39 is 11.5 Å². The molecule has 0 aromatic heterocycles. The van der Waals surface area contributed by atoms with Crippen molar-refractivity contribution >= 4 is 11.9 Å². The molecule has 4 heteroatoms. The fraction of sp³-hybridized carbons (Fsp3) is 0.375. The van der Waals surface area contributed by atoms with Gasteiger partial charge in [-0.05, 0) is 12.0 Å². The van der Waals surface area contributed by atoms with E-state index in [1.165, 1.54) is 7.11 Å². The molecule has 20 heavy (non-hydrogen) atoms. The van der Waals surface area contributed by atoms with Gasteiger partial charge in [-0.3, -0.25) is 4.79 Å². The van der Waals surface area contributed by atoms with Gasteiger partial charge in [0, 0.05) is 18.4 Å². The summed E-state index contributed by atoms with van der Waals surface area (Å²) in [5.74, 6) is -0.567. The predicted molar refractivity (Wildman–Crippen MR) is 76.0 cm³/mol. The van der Waals surface area contributed by atoms with Crippen molar-refractivity contribution in [2.45, 2.75) is 31.7 Å². The first-order valence-electron chi connectivity index (χ1n) is 6.75. The van der Waals surface area contributed by atoms with E-state index in [0.717, 1.165) is 12.0 Å². The maximum absolute atomic E-state index is 12.2. The van der Waals surface area contributed by atoms with E-state index in [1.54, 1.807) is 0 Å². The van der Waals surface area contributed by atoms with Gasteiger partial charge >= 0.3 is 5.97 Å². The molecule has 0 unspecified atom stereocenters. The van der Waals surface area contributed by atoms with Crippen molar-refractivity contribution in [2.75, 3.05) is 7.11 Å². The first kappa shape index (κ1) is 14.3. The van der Waals surface area contributed by atoms with Gasteiger partial charge in [-0.1, -0.05) is 43.3 Å². The van der Waals surface area contributed by atoms with Crippen LogP contribution < -0.4 is 5.32 Å². The molecule has 0 bridgehead atoms. The maximum atomic E-state index is 12.2. The molecule has 1 heterocycles. The normalized spacial score (nSPS) is 23.7. The van der Waals surface area contributed by atoms with Gasteiger partial charge in [0.05, 0.1) is 7.11 Å². The smallest absolute Gasteiger partial charge is 0.332 e. The number of ether oxygens (including phenoxy) is 1. The number of methoxy groups -OCH3 is 1. The highest BCUT2D eigenvalue weighted by atomic mass is 16.5. The van der Waals surface area contributed by atoms with E-state index in [1.807, 2.05) is 43.3 Å². The van der Waals surface area contributed by atoms with Crippen LogP contribution in [0.1, 0.15) is 25.3 Å². The summed E-state index contributed by atoms with van der Waals surface area (Å²) in [6.07, 6.45) is 3.45. The average molecular weight is 273 g/mol. The van der Waals surface area contributed by atoms with Crippen molar-refractivity contribution in [1.29, 1.82) is 0 Å². The second-order valence-corrected chi connectivity index (χ2v) is 5.00. The number of benzene rings is 1. The quantitative estimate of drug-likeness (QED) is 0.674. The number of carbonyl (C=O) groups is 2. The van der Waals surface area contributed by atoms with Crippen molar-refractivity contribution < 1.29 is 14.3 Å². The van der Waals surface area contributed by atoms with Crippen LogP contribution in [0.15, 0.2) is 42.0 Å². The Kier molecular flexibility index (Phi) is 4.23. The lowest BCUT2D eigenvalue weighted by molar-refractivity contribution is -0.149. The van der Waals surface area contributed by atoms with Crippen LogP contribution in [0, 0.1) is 0 Å². The highest BCUT2D eigenvalue weighted by molar-refractivity contribution is 6.02. The zero-order chi connectivity index (χ0) is 14.6. The molecule has 1 atom stereocenters. The molecule has 2 rings (SSSR count). The third-order valence-corrected chi connectivity index (χ3v) is 3.51. The number of nitrogens with one attached hydrogen (secondary N) is 1. The van der Waals surface area contributed by atoms with Crippen LogP contribution in [0.2, 0.25) is 0 Å². The largest absolute Gasteiger partial charge is 0.467 e. The molecule has 0 aliphatic carbocycles. The Bertz CT molecular complexity index is 536. The molecule has 0 saturated carbocycles. The highest BCUT2D eigenvalue weighted by Crippen LogP contribution is 2.30. The van der Waals surface area contributed by atoms with Gasteiger partial charge in [-0.25, -0.2) is 4.79 Å². The van der Waals surface area contributed by atoms with Gasteiger partial charge < -0.3 is 10.1 Å². The average Bonchev–Trinajstić information content (AvgIpc) is 2.77. The minimum absolute atomic E-state index is 0.173. The number of allylic oxidation sites excluding steroid dienone is 1. The molecular formula is C16H19NO3. The summed E-state index contributed by atoms with van der Waals surface area (Å²) in [5, 5.41) is 2.82. The zero-order valence-electron chi connectivity index (χ0n) is 11.8. The lowest BCUT2D eigenvalue weighted by atomic mass is 9.88. The van der Waals surface area contributed by atoms with Crippen LogP contribution in [0.25, 0.3) is 0 Å². The molecule has 1 amide bonds. The highest BCUT2D eigenvalue weighted by Gasteiger charge is 2.47. The number of hydrogen-bond donors (Lipinski definition) is 1. The lowest BCUT2D eigenvalue weighted by Crippen LogP contribution is -2.51. The van der Waals surface area contributed by atoms with Gasteiger partial charge in [0.25, 0.3) is 0 Å². The molecule has 1 aliphatic heterocycles. The molecule has 1 aromatic carbocycles. The number of amides is 1. The standard InChI is InChI=1S/C16H19NO3/c1-3-7-13-11-16(15(19)20-2,17-14(13)18)10-12-8-5-4-6-9-12/h4-9H,3,10-11H2,1-2H3,(H,17,18)/b13-7+/t16-/m0/s1. The number of carbonyl (C=O) groups excluding carboxylic acids is 2. The van der Waals surface area contributed by atoms with E-state index in [9.17, 15) is 9.59 Å². The Morgan fingerprint density at radius 3 is 2.70 bits per heavy atom. The van der Waals surface area contributed by atoms with Crippen LogP contribution in [0.5, 0.6) is 0 Å². The molecular weight excluding hydrogens is 254 g/mol. The summed E-state index contributed by atoms with van der Waals surface area (Å²) in [6.45, 7) is 1.97. The van der Waals surface area contributed by atoms with Crippen molar-refractivity contribution in [3.63, 3.8) is 0 Å². The molecule has 1 saturated heterocycles. The number of hydrogen-bond acceptors (Lipinski definition) is 3. The first-order valence-corrected chi connectivity index (χ1v) is 6.75. The van der Waals surface area contributed by atoms with Crippen LogP contribution in [-0.4, -0.2) is 24.5 Å². The molecule has 0 spiro atoms. The summed E-state index contributed by atoms with van der Waals surface area (Å²) >= 11 is 0. The predicted octanol–water partition coefficient (Wildman–Crippen LogP) is 2.00. The van der Waals surface area contributed by atoms with Crippen LogP contribution in [0.3, 0.4) is 0 Å². The van der Waals surface area contributed by atoms with Gasteiger partial charge in [0.1, 0.15) is 5.54 Å². The molecule has 1 fully saturated rings. The van der Waals surface area contributed by atoms with Gasteiger partial charge in [0.2, 0.25) is 5.91 Å². The fourth-order valence-electron chi connectivity index (χ4n) is 2.60. The Labute approximate surface area is 118 Å². The number of rotatable bonds is 4. The Balaban J connectivity index is 2.31. The van der Waals surface area contributed by atoms with E-state index in [0.29, 0.717) is 18.4 Å². The lowest BCUT2D eigenvalue weighted by Gasteiger charge is -2.25. The fourth-order valence-corrected chi connectivity index (χ4v) is 2.60. The second-order valence-electron chi connectivity index (χ2n) is 5.00. The van der Waals surface area contributed by atoms with Crippen LogP contribution in [0.4, 0.5) is 0 Å². The van der Waals surface area contributed by atoms with Crippen molar-refractivity contribution in [3.8, 4) is 0 Å². The summed E-state index contributed by atoms with van der Waals surface area (Å²) in [4.78, 5) is 24.2. The van der Waals surface area contributed by atoms with Crippen molar-refractivity contribution in [3.05, 3.63) is 47.5 Å². The third kappa shape index (κ3) is 2.74. The SMILES string of the molecule is CC/C=C1\C[C@@](Cc2ccccc2)(C(=O)OC)NC1=O. The molecule has 4 nitrogen and oxygen atoms in total. The van der Waals surface area contributed by atoms with E-state index in [2.05, 4.69) is 5.32 Å². The maximum Gasteiger partial charge on any atom is 0.332 e. The third-order valence-electron chi connectivity index (χ3n) is 3.51. The van der Waals surface area contributed by atoms with E-state index in [-0.39, 0.29) is 5.91 Å². The minimum Gasteiger partial charge on any atom is -0.467 e. The van der Waals surface area contributed by atoms with Crippen molar-refractivity contribution in [2.24, 2.45) is 0 Å². The topological polar surface area (TPSA) is 55.4 Å². The molecule has 1 N–H and O–H groups in total. The molecule has 0 radical (unpaired) electrons. The summed E-state index contributed by atoms with van der Waals surface area (Å²) in [6, 6.07) is 9.64. The monoisotopic (exact) mass is 273 g/mol. The Morgan fingerprint density at radius 2 is 2.10 bits per heavy atom. The number of esters is 1.